The molecule has 6 heteroatoms. The van der Waals surface area contributed by atoms with E-state index in [2.05, 4.69) is 20.7 Å². The molecule has 3 nitrogen and oxygen atoms in total. The Balaban J connectivity index is 3.56. The number of nitrogens with zero attached hydrogens (tertiary/aromatic N) is 1. The molecule has 0 fully saturated rings. The van der Waals surface area contributed by atoms with Crippen LogP contribution in [0.15, 0.2) is 12.1 Å². The van der Waals surface area contributed by atoms with Crippen LogP contribution in [-0.4, -0.2) is 13.1 Å². The number of hydrogen-bond acceptors (Lipinski definition) is 3. The fraction of sp³-hybridized carbons (Fsp3) is 0.273. The number of halogens is 3. The molecule has 0 saturated heterocycles. The minimum Gasteiger partial charge on any atom is -0.465 e. The molecular formula is C11H8BrF2NO2. The Kier molecular flexibility index (Phi) is 4.58. The Morgan fingerprint density at radius 2 is 2.24 bits per heavy atom. The molecule has 0 aliphatic carbocycles. The molecule has 0 unspecified atom stereocenters. The van der Waals surface area contributed by atoms with E-state index in [4.69, 9.17) is 5.26 Å². The highest BCUT2D eigenvalue weighted by Crippen LogP contribution is 2.29. The van der Waals surface area contributed by atoms with Crippen molar-refractivity contribution >= 4 is 21.9 Å². The summed E-state index contributed by atoms with van der Waals surface area (Å²) < 4.78 is 30.0. The van der Waals surface area contributed by atoms with Gasteiger partial charge in [0.2, 0.25) is 0 Å². The molecule has 0 N–H and O–H groups in total. The second kappa shape index (κ2) is 5.73. The Bertz CT molecular complexity index is 483. The van der Waals surface area contributed by atoms with Crippen LogP contribution in [0.4, 0.5) is 8.78 Å². The van der Waals surface area contributed by atoms with Gasteiger partial charge in [-0.25, -0.2) is 13.6 Å². The number of benzene rings is 1. The van der Waals surface area contributed by atoms with Crippen molar-refractivity contribution in [2.75, 3.05) is 7.11 Å². The number of esters is 1. The lowest BCUT2D eigenvalue weighted by Crippen LogP contribution is -2.10. The number of rotatable bonds is 3. The van der Waals surface area contributed by atoms with E-state index in [9.17, 15) is 13.6 Å². The second-order valence-electron chi connectivity index (χ2n) is 3.09. The van der Waals surface area contributed by atoms with Gasteiger partial charge in [-0.2, -0.15) is 5.26 Å². The summed E-state index contributed by atoms with van der Waals surface area (Å²) in [6.45, 7) is 0. The predicted molar refractivity (Wildman–Crippen MR) is 60.1 cm³/mol. The van der Waals surface area contributed by atoms with Crippen LogP contribution in [0.25, 0.3) is 0 Å². The van der Waals surface area contributed by atoms with Crippen LogP contribution in [0, 0.1) is 11.3 Å². The lowest BCUT2D eigenvalue weighted by molar-refractivity contribution is 0.0599. The molecule has 0 spiro atoms. The van der Waals surface area contributed by atoms with Crippen molar-refractivity contribution < 1.29 is 18.3 Å². The van der Waals surface area contributed by atoms with Gasteiger partial charge in [-0.1, -0.05) is 22.0 Å². The maximum atomic E-state index is 12.7. The third-order valence-electron chi connectivity index (χ3n) is 2.23. The molecule has 0 radical (unpaired) electrons. The topological polar surface area (TPSA) is 50.1 Å². The maximum Gasteiger partial charge on any atom is 0.339 e. The van der Waals surface area contributed by atoms with Crippen molar-refractivity contribution in [1.82, 2.24) is 0 Å². The molecular weight excluding hydrogens is 296 g/mol. The molecule has 0 atom stereocenters. The van der Waals surface area contributed by atoms with Gasteiger partial charge in [0, 0.05) is 10.9 Å². The van der Waals surface area contributed by atoms with Crippen molar-refractivity contribution in [2.24, 2.45) is 0 Å². The molecule has 90 valence electrons. The average molecular weight is 304 g/mol. The van der Waals surface area contributed by atoms with E-state index in [-0.39, 0.29) is 27.6 Å². The highest BCUT2D eigenvalue weighted by molar-refractivity contribution is 9.08. The fourth-order valence-corrected chi connectivity index (χ4v) is 2.04. The van der Waals surface area contributed by atoms with Gasteiger partial charge in [0.25, 0.3) is 6.43 Å². The minimum atomic E-state index is -2.71. The predicted octanol–water partition coefficient (Wildman–Crippen LogP) is 3.18. The summed E-state index contributed by atoms with van der Waals surface area (Å²) in [5.74, 6) is -0.793. The van der Waals surface area contributed by atoms with Gasteiger partial charge in [-0.05, 0) is 11.6 Å². The zero-order valence-corrected chi connectivity index (χ0v) is 10.4. The second-order valence-corrected chi connectivity index (χ2v) is 3.65. The van der Waals surface area contributed by atoms with E-state index in [1.54, 1.807) is 6.07 Å². The van der Waals surface area contributed by atoms with Crippen molar-refractivity contribution in [2.45, 2.75) is 11.8 Å². The van der Waals surface area contributed by atoms with Crippen LogP contribution in [0.3, 0.4) is 0 Å². The summed E-state index contributed by atoms with van der Waals surface area (Å²) in [6, 6.07) is 4.12. The SMILES string of the molecule is COC(=O)c1c(C#N)ccc(C(F)F)c1CBr. The van der Waals surface area contributed by atoms with Crippen LogP contribution in [0.1, 0.15) is 33.5 Å². The van der Waals surface area contributed by atoms with Crippen LogP contribution in [0.2, 0.25) is 0 Å². The highest BCUT2D eigenvalue weighted by atomic mass is 79.9. The quantitative estimate of drug-likeness (QED) is 0.636. The Morgan fingerprint density at radius 3 is 2.65 bits per heavy atom. The summed E-state index contributed by atoms with van der Waals surface area (Å²) in [5, 5.41) is 8.90. The number of hydrogen-bond donors (Lipinski definition) is 0. The Labute approximate surface area is 105 Å². The summed E-state index contributed by atoms with van der Waals surface area (Å²) in [7, 11) is 1.14. The zero-order valence-electron chi connectivity index (χ0n) is 8.84. The number of carbonyl (C=O) groups is 1. The normalized spacial score (nSPS) is 10.1. The lowest BCUT2D eigenvalue weighted by atomic mass is 9.97. The van der Waals surface area contributed by atoms with Gasteiger partial charge in [-0.3, -0.25) is 0 Å². The standard InChI is InChI=1S/C11H8BrF2NO2/c1-17-11(16)9-6(5-15)2-3-7(10(13)14)8(9)4-12/h2-3,10H,4H2,1H3. The van der Waals surface area contributed by atoms with Gasteiger partial charge in [-0.15, -0.1) is 0 Å². The first-order valence-corrected chi connectivity index (χ1v) is 5.67. The number of alkyl halides is 3. The van der Waals surface area contributed by atoms with Crippen LogP contribution in [0.5, 0.6) is 0 Å². The summed E-state index contributed by atoms with van der Waals surface area (Å²) in [5.41, 5.74) is -0.271. The Morgan fingerprint density at radius 1 is 1.59 bits per heavy atom. The fourth-order valence-electron chi connectivity index (χ4n) is 1.44. The third-order valence-corrected chi connectivity index (χ3v) is 2.79. The number of nitriles is 1. The molecule has 0 aromatic heterocycles. The molecule has 0 aliphatic heterocycles. The van der Waals surface area contributed by atoms with Crippen molar-refractivity contribution in [3.8, 4) is 6.07 Å². The number of carbonyl (C=O) groups excluding carboxylic acids is 1. The third kappa shape index (κ3) is 2.61. The van der Waals surface area contributed by atoms with Crippen LogP contribution >= 0.6 is 15.9 Å². The molecule has 1 rings (SSSR count). The maximum absolute atomic E-state index is 12.7. The molecule has 0 amide bonds. The van der Waals surface area contributed by atoms with Crippen molar-refractivity contribution in [3.63, 3.8) is 0 Å². The van der Waals surface area contributed by atoms with Gasteiger partial charge >= 0.3 is 5.97 Å². The minimum absolute atomic E-state index is 0.0238. The molecule has 0 heterocycles. The van der Waals surface area contributed by atoms with E-state index >= 15 is 0 Å². The first-order valence-electron chi connectivity index (χ1n) is 4.55. The lowest BCUT2D eigenvalue weighted by Gasteiger charge is -2.12. The molecule has 1 aromatic carbocycles. The molecule has 1 aromatic rings. The van der Waals surface area contributed by atoms with E-state index in [1.807, 2.05) is 0 Å². The van der Waals surface area contributed by atoms with Crippen LogP contribution < -0.4 is 0 Å². The van der Waals surface area contributed by atoms with Crippen LogP contribution in [-0.2, 0) is 10.1 Å². The van der Waals surface area contributed by atoms with Crippen molar-refractivity contribution in [3.05, 3.63) is 34.4 Å². The van der Waals surface area contributed by atoms with E-state index in [0.29, 0.717) is 0 Å². The van der Waals surface area contributed by atoms with Gasteiger partial charge in [0.05, 0.1) is 18.2 Å². The monoisotopic (exact) mass is 303 g/mol. The molecule has 0 aliphatic rings. The summed E-state index contributed by atoms with van der Waals surface area (Å²) >= 11 is 3.04. The largest absolute Gasteiger partial charge is 0.465 e. The summed E-state index contributed by atoms with van der Waals surface area (Å²) in [4.78, 5) is 11.5. The van der Waals surface area contributed by atoms with Gasteiger partial charge in [0.1, 0.15) is 6.07 Å². The molecule has 17 heavy (non-hydrogen) atoms. The van der Waals surface area contributed by atoms with Gasteiger partial charge < -0.3 is 4.74 Å². The van der Waals surface area contributed by atoms with E-state index < -0.39 is 12.4 Å². The molecule has 0 bridgehead atoms. The van der Waals surface area contributed by atoms with Gasteiger partial charge in [0.15, 0.2) is 0 Å². The Hall–Kier alpha value is -1.48. The summed E-state index contributed by atoms with van der Waals surface area (Å²) in [6.07, 6.45) is -2.71. The van der Waals surface area contributed by atoms with E-state index in [0.717, 1.165) is 13.2 Å². The highest BCUT2D eigenvalue weighted by Gasteiger charge is 2.23. The average Bonchev–Trinajstić information content (AvgIpc) is 2.35. The molecule has 0 saturated carbocycles. The number of ether oxygens (including phenoxy) is 1. The first-order chi connectivity index (χ1) is 8.06. The number of methoxy groups -OCH3 is 1. The van der Waals surface area contributed by atoms with Crippen molar-refractivity contribution in [1.29, 1.82) is 5.26 Å². The van der Waals surface area contributed by atoms with E-state index in [1.165, 1.54) is 6.07 Å². The smallest absolute Gasteiger partial charge is 0.339 e. The first kappa shape index (κ1) is 13.6. The zero-order chi connectivity index (χ0) is 13.0.